The van der Waals surface area contributed by atoms with Crippen LogP contribution in [0, 0.1) is 5.92 Å². The number of carbonyl (C=O) groups excluding carboxylic acids is 2. The minimum atomic E-state index is -0.274. The number of nitrogens with one attached hydrogen (secondary N) is 2. The minimum absolute atomic E-state index is 0.108. The Bertz CT molecular complexity index is 789. The molecule has 1 aromatic carbocycles. The van der Waals surface area contributed by atoms with Crippen molar-refractivity contribution in [1.29, 1.82) is 0 Å². The van der Waals surface area contributed by atoms with Gasteiger partial charge in [0.15, 0.2) is 0 Å². The van der Waals surface area contributed by atoms with Gasteiger partial charge < -0.3 is 14.8 Å². The Kier molecular flexibility index (Phi) is 9.05. The van der Waals surface area contributed by atoms with E-state index in [1.165, 1.54) is 11.1 Å². The number of hydrazone groups is 1. The summed E-state index contributed by atoms with van der Waals surface area (Å²) in [5, 5.41) is 6.93. The number of hydrogen-bond acceptors (Lipinski definition) is 6. The minimum Gasteiger partial charge on any atom is -0.443 e. The third-order valence-electron chi connectivity index (χ3n) is 5.11. The molecule has 1 amide bonds. The molecule has 7 nitrogen and oxygen atoms in total. The second-order valence-corrected chi connectivity index (χ2v) is 8.03. The molecule has 164 valence electrons. The summed E-state index contributed by atoms with van der Waals surface area (Å²) >= 11 is 0. The number of rotatable bonds is 6. The van der Waals surface area contributed by atoms with Gasteiger partial charge in [0.1, 0.15) is 12.4 Å². The quantitative estimate of drug-likeness (QED) is 0.421. The highest BCUT2D eigenvalue weighted by Crippen LogP contribution is 2.32. The molecular formula is C23H34N4O3. The molecule has 1 atom stereocenters. The number of likely N-dealkylation sites (N-methyl/N-ethyl adjacent to an activating group) is 1. The normalized spacial score (nSPS) is 21.0. The van der Waals surface area contributed by atoms with Gasteiger partial charge in [0, 0.05) is 30.4 Å². The number of nitrogens with zero attached hydrogens (tertiary/aromatic N) is 2. The molecule has 0 bridgehead atoms. The van der Waals surface area contributed by atoms with E-state index >= 15 is 0 Å². The maximum Gasteiger partial charge on any atom is 0.414 e. The number of fused-ring (bicyclic) bond motifs is 1. The van der Waals surface area contributed by atoms with Crippen LogP contribution in [0.25, 0.3) is 5.70 Å². The highest BCUT2D eigenvalue weighted by Gasteiger charge is 2.32. The predicted octanol–water partition coefficient (Wildman–Crippen LogP) is 3.74. The topological polar surface area (TPSA) is 83.0 Å². The van der Waals surface area contributed by atoms with Crippen molar-refractivity contribution in [3.05, 3.63) is 34.9 Å². The summed E-state index contributed by atoms with van der Waals surface area (Å²) in [4.78, 5) is 23.4. The zero-order chi connectivity index (χ0) is 22.1. The van der Waals surface area contributed by atoms with Crippen LogP contribution >= 0.6 is 0 Å². The summed E-state index contributed by atoms with van der Waals surface area (Å²) in [6, 6.07) is 6.18. The molecule has 0 aromatic heterocycles. The Labute approximate surface area is 179 Å². The molecule has 30 heavy (non-hydrogen) atoms. The molecule has 0 radical (unpaired) electrons. The fourth-order valence-corrected chi connectivity index (χ4v) is 3.56. The lowest BCUT2D eigenvalue weighted by atomic mass is 9.91. The Morgan fingerprint density at radius 3 is 2.67 bits per heavy atom. The van der Waals surface area contributed by atoms with Crippen molar-refractivity contribution in [3.63, 3.8) is 0 Å². The largest absolute Gasteiger partial charge is 0.443 e. The van der Waals surface area contributed by atoms with Crippen molar-refractivity contribution in [3.8, 4) is 0 Å². The fourth-order valence-electron chi connectivity index (χ4n) is 3.56. The number of ether oxygens (including phenoxy) is 1. The second-order valence-electron chi connectivity index (χ2n) is 8.03. The van der Waals surface area contributed by atoms with Gasteiger partial charge in [-0.3, -0.25) is 10.3 Å². The first kappa shape index (κ1) is 23.6. The van der Waals surface area contributed by atoms with Gasteiger partial charge >= 0.3 is 6.09 Å². The van der Waals surface area contributed by atoms with E-state index < -0.39 is 0 Å². The molecule has 7 heteroatoms. The highest BCUT2D eigenvalue weighted by atomic mass is 16.6. The summed E-state index contributed by atoms with van der Waals surface area (Å²) < 4.78 is 5.41. The van der Waals surface area contributed by atoms with Gasteiger partial charge in [-0.15, -0.1) is 0 Å². The summed E-state index contributed by atoms with van der Waals surface area (Å²) in [5.41, 5.74) is 8.65. The monoisotopic (exact) mass is 414 g/mol. The third-order valence-corrected chi connectivity index (χ3v) is 5.11. The SMILES string of the molecule is C=NN/C1=C(\C)CCCCc2cc(N3CC(CNC)OC3=O)ccc21.CC(C)C=O. The molecule has 3 rings (SSSR count). The highest BCUT2D eigenvalue weighted by molar-refractivity contribution is 5.90. The van der Waals surface area contributed by atoms with Crippen LogP contribution in [0.2, 0.25) is 0 Å². The molecule has 1 aromatic rings. The van der Waals surface area contributed by atoms with Crippen molar-refractivity contribution >= 4 is 30.5 Å². The lowest BCUT2D eigenvalue weighted by molar-refractivity contribution is -0.110. The maximum absolute atomic E-state index is 12.2. The number of amides is 1. The van der Waals surface area contributed by atoms with Crippen LogP contribution in [0.4, 0.5) is 10.5 Å². The van der Waals surface area contributed by atoms with Crippen LogP contribution in [-0.2, 0) is 16.0 Å². The van der Waals surface area contributed by atoms with Crippen molar-refractivity contribution in [2.75, 3.05) is 25.0 Å². The number of cyclic esters (lactones) is 1. The second kappa shape index (κ2) is 11.5. The fraction of sp³-hybridized carbons (Fsp3) is 0.522. The number of allylic oxidation sites excluding steroid dienone is 1. The Morgan fingerprint density at radius 1 is 1.33 bits per heavy atom. The molecule has 2 aliphatic rings. The van der Waals surface area contributed by atoms with Gasteiger partial charge in [-0.05, 0) is 62.9 Å². The predicted molar refractivity (Wildman–Crippen MR) is 122 cm³/mol. The molecule has 1 fully saturated rings. The smallest absolute Gasteiger partial charge is 0.414 e. The van der Waals surface area contributed by atoms with E-state index in [-0.39, 0.29) is 18.1 Å². The van der Waals surface area contributed by atoms with Gasteiger partial charge in [0.25, 0.3) is 0 Å². The Hall–Kier alpha value is -2.67. The number of aldehydes is 1. The van der Waals surface area contributed by atoms with E-state index in [0.717, 1.165) is 48.9 Å². The molecule has 2 N–H and O–H groups in total. The van der Waals surface area contributed by atoms with Gasteiger partial charge in [0.2, 0.25) is 0 Å². The first-order valence-electron chi connectivity index (χ1n) is 10.5. The van der Waals surface area contributed by atoms with Crippen molar-refractivity contribution in [1.82, 2.24) is 10.7 Å². The Balaban J connectivity index is 0.000000575. The summed E-state index contributed by atoms with van der Waals surface area (Å²) in [5.74, 6) is 0.204. The van der Waals surface area contributed by atoms with Crippen LogP contribution in [0.1, 0.15) is 51.2 Å². The lowest BCUT2D eigenvalue weighted by Gasteiger charge is -2.21. The van der Waals surface area contributed by atoms with E-state index in [4.69, 9.17) is 4.74 Å². The van der Waals surface area contributed by atoms with E-state index in [1.54, 1.807) is 4.90 Å². The summed E-state index contributed by atoms with van der Waals surface area (Å²) in [7, 11) is 1.86. The van der Waals surface area contributed by atoms with Crippen LogP contribution in [0.15, 0.2) is 28.9 Å². The van der Waals surface area contributed by atoms with Crippen LogP contribution in [0.3, 0.4) is 0 Å². The van der Waals surface area contributed by atoms with E-state index in [9.17, 15) is 9.59 Å². The molecule has 1 unspecified atom stereocenters. The number of benzene rings is 1. The van der Waals surface area contributed by atoms with Crippen molar-refractivity contribution in [2.45, 2.75) is 52.6 Å². The molecule has 1 heterocycles. The average Bonchev–Trinajstić information content (AvgIpc) is 3.09. The average molecular weight is 415 g/mol. The first-order chi connectivity index (χ1) is 14.4. The first-order valence-corrected chi connectivity index (χ1v) is 10.5. The number of carbonyl (C=O) groups is 2. The molecule has 0 spiro atoms. The zero-order valence-electron chi connectivity index (χ0n) is 18.5. The van der Waals surface area contributed by atoms with Gasteiger partial charge in [-0.2, -0.15) is 5.10 Å². The number of aryl methyl sites for hydroxylation is 1. The number of anilines is 1. The number of hydrogen-bond donors (Lipinski definition) is 2. The van der Waals surface area contributed by atoms with Gasteiger partial charge in [0.05, 0.1) is 12.2 Å². The molecule has 1 aliphatic carbocycles. The standard InChI is InChI=1S/C19H26N4O2.C4H8O/c1-13-6-4-5-7-14-10-15(8-9-17(14)18(13)22-21-3)23-12-16(11-20-2)25-19(23)24;1-4(2)3-5/h8-10,16,20,22H,3-7,11-12H2,1-2H3;3-4H,1-2H3/b18-13+;. The van der Waals surface area contributed by atoms with Crippen molar-refractivity contribution < 1.29 is 14.3 Å². The summed E-state index contributed by atoms with van der Waals surface area (Å²) in [6.07, 6.45) is 4.86. The van der Waals surface area contributed by atoms with Crippen LogP contribution in [-0.4, -0.2) is 45.3 Å². The molecule has 0 saturated carbocycles. The Morgan fingerprint density at radius 2 is 2.03 bits per heavy atom. The summed E-state index contributed by atoms with van der Waals surface area (Å²) in [6.45, 7) is 10.6. The molecular weight excluding hydrogens is 380 g/mol. The third kappa shape index (κ3) is 6.16. The van der Waals surface area contributed by atoms with Crippen molar-refractivity contribution in [2.24, 2.45) is 11.0 Å². The molecule has 1 saturated heterocycles. The van der Waals surface area contributed by atoms with E-state index in [1.807, 2.05) is 27.0 Å². The van der Waals surface area contributed by atoms with Gasteiger partial charge in [-0.25, -0.2) is 4.79 Å². The van der Waals surface area contributed by atoms with Crippen LogP contribution < -0.4 is 15.6 Å². The van der Waals surface area contributed by atoms with Gasteiger partial charge in [-0.1, -0.05) is 19.9 Å². The maximum atomic E-state index is 12.2. The van der Waals surface area contributed by atoms with Crippen LogP contribution in [0.5, 0.6) is 0 Å². The van der Waals surface area contributed by atoms with E-state index in [0.29, 0.717) is 13.1 Å². The van der Waals surface area contributed by atoms with E-state index in [2.05, 4.69) is 41.6 Å². The zero-order valence-corrected chi connectivity index (χ0v) is 18.5. The lowest BCUT2D eigenvalue weighted by Crippen LogP contribution is -2.29. The molecule has 1 aliphatic heterocycles.